The Balaban J connectivity index is 1.74. The molecule has 0 fully saturated rings. The third kappa shape index (κ3) is 7.33. The van der Waals surface area contributed by atoms with Crippen molar-refractivity contribution in [2.24, 2.45) is 0 Å². The minimum Gasteiger partial charge on any atom is -0.494 e. The minimum atomic E-state index is -0.285. The molecular formula is C22H27N3O2. The molecule has 5 nitrogen and oxygen atoms in total. The fraction of sp³-hybridized carbons (Fsp3) is 0.318. The van der Waals surface area contributed by atoms with Gasteiger partial charge in [-0.1, -0.05) is 25.2 Å². The maximum atomic E-state index is 11.9. The second kappa shape index (κ2) is 10.8. The van der Waals surface area contributed by atoms with Crippen LogP contribution in [0.5, 0.6) is 5.75 Å². The van der Waals surface area contributed by atoms with Crippen LogP contribution in [0.25, 0.3) is 0 Å². The predicted octanol–water partition coefficient (Wildman–Crippen LogP) is 4.10. The number of carbonyl (C=O) groups is 1. The number of benzene rings is 2. The van der Waals surface area contributed by atoms with Crippen LogP contribution < -0.4 is 20.3 Å². The summed E-state index contributed by atoms with van der Waals surface area (Å²) < 4.78 is 5.60. The van der Waals surface area contributed by atoms with Gasteiger partial charge < -0.3 is 20.3 Å². The average molecular weight is 365 g/mol. The van der Waals surface area contributed by atoms with E-state index in [1.165, 1.54) is 0 Å². The molecule has 0 aliphatic heterocycles. The first-order chi connectivity index (χ1) is 13.1. The number of nitrogens with zero attached hydrogens (tertiary/aromatic N) is 1. The highest BCUT2D eigenvalue weighted by atomic mass is 16.5. The monoisotopic (exact) mass is 365 g/mol. The van der Waals surface area contributed by atoms with Crippen LogP contribution in [0, 0.1) is 11.8 Å². The van der Waals surface area contributed by atoms with Crippen molar-refractivity contribution in [3.05, 3.63) is 54.1 Å². The van der Waals surface area contributed by atoms with Crippen molar-refractivity contribution in [2.45, 2.75) is 19.8 Å². The minimum absolute atomic E-state index is 0.277. The Hall–Kier alpha value is -3.13. The molecule has 0 aliphatic rings. The number of nitrogens with one attached hydrogen (secondary N) is 2. The number of amides is 2. The van der Waals surface area contributed by atoms with Crippen molar-refractivity contribution in [1.82, 2.24) is 5.32 Å². The number of ether oxygens (including phenoxy) is 1. The molecule has 0 aliphatic carbocycles. The van der Waals surface area contributed by atoms with Crippen molar-refractivity contribution in [3.8, 4) is 17.6 Å². The number of urea groups is 1. The highest BCUT2D eigenvalue weighted by Crippen LogP contribution is 2.16. The van der Waals surface area contributed by atoms with Crippen LogP contribution >= 0.6 is 0 Å². The Morgan fingerprint density at radius 1 is 1.07 bits per heavy atom. The van der Waals surface area contributed by atoms with Crippen LogP contribution in [0.1, 0.15) is 25.3 Å². The van der Waals surface area contributed by atoms with E-state index in [2.05, 4.69) is 29.4 Å². The van der Waals surface area contributed by atoms with Gasteiger partial charge in [0.1, 0.15) is 5.75 Å². The third-order valence-corrected chi connectivity index (χ3v) is 3.83. The lowest BCUT2D eigenvalue weighted by Crippen LogP contribution is -2.28. The molecule has 0 unspecified atom stereocenters. The molecule has 2 rings (SSSR count). The molecular weight excluding hydrogens is 338 g/mol. The van der Waals surface area contributed by atoms with Crippen molar-refractivity contribution in [2.75, 3.05) is 37.5 Å². The van der Waals surface area contributed by atoms with Crippen LogP contribution in [0.2, 0.25) is 0 Å². The molecule has 0 saturated heterocycles. The van der Waals surface area contributed by atoms with E-state index in [1.54, 1.807) is 0 Å². The summed E-state index contributed by atoms with van der Waals surface area (Å²) in [6, 6.07) is 15.0. The Kier molecular flexibility index (Phi) is 8.05. The number of hydrogen-bond donors (Lipinski definition) is 2. The molecule has 0 atom stereocenters. The summed E-state index contributed by atoms with van der Waals surface area (Å²) in [6.45, 7) is 3.11. The predicted molar refractivity (Wildman–Crippen MR) is 112 cm³/mol. The van der Waals surface area contributed by atoms with Crippen LogP contribution in [0.15, 0.2) is 48.5 Å². The maximum absolute atomic E-state index is 11.9. The van der Waals surface area contributed by atoms with Crippen LogP contribution in [0.4, 0.5) is 16.2 Å². The molecule has 5 heteroatoms. The summed E-state index contributed by atoms with van der Waals surface area (Å²) in [5.41, 5.74) is 2.75. The van der Waals surface area contributed by atoms with Crippen molar-refractivity contribution >= 4 is 17.4 Å². The summed E-state index contributed by atoms with van der Waals surface area (Å²) in [5.74, 6) is 6.79. The SMILES string of the molecule is CCCCOc1ccc(NC(=O)NCC#Cc2ccc(N(C)C)cc2)cc1. The van der Waals surface area contributed by atoms with Crippen molar-refractivity contribution < 1.29 is 9.53 Å². The largest absolute Gasteiger partial charge is 0.494 e. The molecule has 0 spiro atoms. The average Bonchev–Trinajstić information content (AvgIpc) is 2.67. The van der Waals surface area contributed by atoms with E-state index in [4.69, 9.17) is 4.74 Å². The zero-order valence-electron chi connectivity index (χ0n) is 16.2. The Labute approximate surface area is 161 Å². The fourth-order valence-electron chi connectivity index (χ4n) is 2.26. The molecule has 2 aromatic carbocycles. The van der Waals surface area contributed by atoms with E-state index in [0.717, 1.165) is 29.8 Å². The summed E-state index contributed by atoms with van der Waals surface area (Å²) in [4.78, 5) is 13.9. The van der Waals surface area contributed by atoms with Gasteiger partial charge in [-0.3, -0.25) is 0 Å². The van der Waals surface area contributed by atoms with E-state index in [0.29, 0.717) is 12.3 Å². The van der Waals surface area contributed by atoms with Gasteiger partial charge in [0.2, 0.25) is 0 Å². The van der Waals surface area contributed by atoms with Crippen molar-refractivity contribution in [1.29, 1.82) is 0 Å². The topological polar surface area (TPSA) is 53.6 Å². The molecule has 142 valence electrons. The maximum Gasteiger partial charge on any atom is 0.319 e. The molecule has 27 heavy (non-hydrogen) atoms. The number of anilines is 2. The van der Waals surface area contributed by atoms with Gasteiger partial charge in [-0.15, -0.1) is 0 Å². The number of rotatable bonds is 7. The lowest BCUT2D eigenvalue weighted by Gasteiger charge is -2.11. The first kappa shape index (κ1) is 20.2. The van der Waals surface area contributed by atoms with Gasteiger partial charge in [-0.05, 0) is 55.0 Å². The van der Waals surface area contributed by atoms with Gasteiger partial charge in [0, 0.05) is 31.0 Å². The summed E-state index contributed by atoms with van der Waals surface area (Å²) >= 11 is 0. The molecule has 0 bridgehead atoms. The van der Waals surface area contributed by atoms with Gasteiger partial charge in [0.05, 0.1) is 13.2 Å². The van der Waals surface area contributed by atoms with E-state index < -0.39 is 0 Å². The van der Waals surface area contributed by atoms with Crippen LogP contribution in [-0.4, -0.2) is 33.3 Å². The zero-order chi connectivity index (χ0) is 19.5. The van der Waals surface area contributed by atoms with E-state index >= 15 is 0 Å². The molecule has 2 N–H and O–H groups in total. The van der Waals surface area contributed by atoms with Gasteiger partial charge in [-0.2, -0.15) is 0 Å². The smallest absolute Gasteiger partial charge is 0.319 e. The van der Waals surface area contributed by atoms with E-state index in [9.17, 15) is 4.79 Å². The Morgan fingerprint density at radius 3 is 2.41 bits per heavy atom. The van der Waals surface area contributed by atoms with Crippen molar-refractivity contribution in [3.63, 3.8) is 0 Å². The lowest BCUT2D eigenvalue weighted by molar-refractivity contribution is 0.253. The first-order valence-corrected chi connectivity index (χ1v) is 9.12. The first-order valence-electron chi connectivity index (χ1n) is 9.12. The highest BCUT2D eigenvalue weighted by Gasteiger charge is 2.01. The lowest BCUT2D eigenvalue weighted by atomic mass is 10.2. The fourth-order valence-corrected chi connectivity index (χ4v) is 2.26. The zero-order valence-corrected chi connectivity index (χ0v) is 16.2. The Bertz CT molecular complexity index is 772. The molecule has 2 aromatic rings. The van der Waals surface area contributed by atoms with E-state index in [-0.39, 0.29) is 12.6 Å². The van der Waals surface area contributed by atoms with Crippen LogP contribution in [0.3, 0.4) is 0 Å². The normalized spacial score (nSPS) is 9.74. The van der Waals surface area contributed by atoms with Crippen LogP contribution in [-0.2, 0) is 0 Å². The summed E-state index contributed by atoms with van der Waals surface area (Å²) in [6.07, 6.45) is 2.13. The number of hydrogen-bond acceptors (Lipinski definition) is 3. The molecule has 0 aromatic heterocycles. The second-order valence-corrected chi connectivity index (χ2v) is 6.28. The second-order valence-electron chi connectivity index (χ2n) is 6.28. The Morgan fingerprint density at radius 2 is 1.78 bits per heavy atom. The summed E-state index contributed by atoms with van der Waals surface area (Å²) in [7, 11) is 3.99. The molecule has 0 saturated carbocycles. The number of unbranched alkanes of at least 4 members (excludes halogenated alkanes) is 1. The van der Waals surface area contributed by atoms with E-state index in [1.807, 2.05) is 67.5 Å². The third-order valence-electron chi connectivity index (χ3n) is 3.83. The highest BCUT2D eigenvalue weighted by molar-refractivity contribution is 5.89. The van der Waals surface area contributed by atoms with Gasteiger partial charge in [-0.25, -0.2) is 4.79 Å². The molecule has 0 radical (unpaired) electrons. The molecule has 0 heterocycles. The number of carbonyl (C=O) groups excluding carboxylic acids is 1. The van der Waals surface area contributed by atoms with Gasteiger partial charge >= 0.3 is 6.03 Å². The summed E-state index contributed by atoms with van der Waals surface area (Å²) in [5, 5.41) is 5.50. The molecule has 2 amide bonds. The van der Waals surface area contributed by atoms with Gasteiger partial charge in [0.25, 0.3) is 0 Å². The quantitative estimate of drug-likeness (QED) is 0.574. The van der Waals surface area contributed by atoms with Gasteiger partial charge in [0.15, 0.2) is 0 Å². The standard InChI is InChI=1S/C22H27N3O2/c1-4-5-17-27-21-14-10-19(11-15-21)24-22(26)23-16-6-7-18-8-12-20(13-9-18)25(2)3/h8-15H,4-5,16-17H2,1-3H3,(H2,23,24,26).